The van der Waals surface area contributed by atoms with E-state index in [1.165, 1.54) is 19.4 Å². The molecular weight excluding hydrogens is 202 g/mol. The van der Waals surface area contributed by atoms with Crippen LogP contribution in [0.1, 0.15) is 24.4 Å². The molecular formula is C13H19NO2. The van der Waals surface area contributed by atoms with Gasteiger partial charge in [-0.05, 0) is 37.8 Å². The summed E-state index contributed by atoms with van der Waals surface area (Å²) >= 11 is 0. The lowest BCUT2D eigenvalue weighted by atomic mass is 10.1. The number of piperidine rings is 1. The number of aryl methyl sites for hydroxylation is 1. The van der Waals surface area contributed by atoms with Crippen LogP contribution in [0.5, 0.6) is 0 Å². The van der Waals surface area contributed by atoms with Crippen LogP contribution in [-0.4, -0.2) is 30.7 Å². The number of furan rings is 1. The van der Waals surface area contributed by atoms with Gasteiger partial charge in [0.2, 0.25) is 0 Å². The van der Waals surface area contributed by atoms with Crippen LogP contribution in [0.3, 0.4) is 0 Å². The predicted molar refractivity (Wildman–Crippen MR) is 61.2 cm³/mol. The fraction of sp³-hybridized carbons (Fsp3) is 0.692. The first-order valence-corrected chi connectivity index (χ1v) is 6.10. The average molecular weight is 221 g/mol. The number of methoxy groups -OCH3 is 1. The largest absolute Gasteiger partial charge is 0.465 e. The molecule has 1 saturated carbocycles. The summed E-state index contributed by atoms with van der Waals surface area (Å²) in [6.07, 6.45) is 3.07. The Morgan fingerprint density at radius 2 is 2.31 bits per heavy atom. The molecule has 3 unspecified atom stereocenters. The third kappa shape index (κ3) is 1.59. The fourth-order valence-electron chi connectivity index (χ4n) is 3.35. The van der Waals surface area contributed by atoms with Crippen molar-refractivity contribution in [1.29, 1.82) is 0 Å². The van der Waals surface area contributed by atoms with Gasteiger partial charge < -0.3 is 9.15 Å². The lowest BCUT2D eigenvalue weighted by Crippen LogP contribution is -2.34. The number of hydrogen-bond donors (Lipinski definition) is 0. The molecule has 2 fully saturated rings. The molecule has 2 bridgehead atoms. The van der Waals surface area contributed by atoms with E-state index in [0.29, 0.717) is 12.1 Å². The fourth-order valence-corrected chi connectivity index (χ4v) is 3.35. The zero-order chi connectivity index (χ0) is 11.1. The Morgan fingerprint density at radius 3 is 2.94 bits per heavy atom. The van der Waals surface area contributed by atoms with Gasteiger partial charge in [0.25, 0.3) is 0 Å². The van der Waals surface area contributed by atoms with E-state index in [4.69, 9.17) is 9.15 Å². The number of nitrogens with zero attached hydrogens (tertiary/aromatic N) is 1. The van der Waals surface area contributed by atoms with Gasteiger partial charge in [0.05, 0.1) is 12.6 Å². The topological polar surface area (TPSA) is 25.6 Å². The van der Waals surface area contributed by atoms with Gasteiger partial charge in [0, 0.05) is 19.7 Å². The summed E-state index contributed by atoms with van der Waals surface area (Å²) in [5.41, 5.74) is 0. The molecule has 0 spiro atoms. The maximum Gasteiger partial charge on any atom is 0.118 e. The highest BCUT2D eigenvalue weighted by molar-refractivity contribution is 5.08. The van der Waals surface area contributed by atoms with E-state index in [2.05, 4.69) is 11.0 Å². The van der Waals surface area contributed by atoms with Crippen molar-refractivity contribution in [2.75, 3.05) is 13.7 Å². The first-order chi connectivity index (χ1) is 7.78. The Labute approximate surface area is 96.4 Å². The van der Waals surface area contributed by atoms with E-state index in [1.807, 2.05) is 20.1 Å². The highest BCUT2D eigenvalue weighted by Gasteiger charge is 2.47. The van der Waals surface area contributed by atoms with Crippen LogP contribution in [0.4, 0.5) is 0 Å². The molecule has 0 radical (unpaired) electrons. The first-order valence-electron chi connectivity index (χ1n) is 6.10. The number of rotatable bonds is 3. The Kier molecular flexibility index (Phi) is 2.52. The molecule has 1 aliphatic heterocycles. The van der Waals surface area contributed by atoms with Crippen molar-refractivity contribution < 1.29 is 9.15 Å². The molecule has 1 aromatic heterocycles. The zero-order valence-corrected chi connectivity index (χ0v) is 9.98. The smallest absolute Gasteiger partial charge is 0.118 e. The van der Waals surface area contributed by atoms with Crippen LogP contribution in [0.15, 0.2) is 16.5 Å². The lowest BCUT2D eigenvalue weighted by molar-refractivity contribution is 0.0667. The summed E-state index contributed by atoms with van der Waals surface area (Å²) in [4.78, 5) is 2.51. The van der Waals surface area contributed by atoms with Gasteiger partial charge in [-0.2, -0.15) is 0 Å². The van der Waals surface area contributed by atoms with Gasteiger partial charge in [0.15, 0.2) is 0 Å². The minimum Gasteiger partial charge on any atom is -0.465 e. The van der Waals surface area contributed by atoms with E-state index in [9.17, 15) is 0 Å². The second-order valence-corrected chi connectivity index (χ2v) is 5.05. The molecule has 2 aliphatic rings. The summed E-state index contributed by atoms with van der Waals surface area (Å²) in [6.45, 7) is 4.11. The van der Waals surface area contributed by atoms with Gasteiger partial charge >= 0.3 is 0 Å². The second-order valence-electron chi connectivity index (χ2n) is 5.05. The van der Waals surface area contributed by atoms with E-state index < -0.39 is 0 Å². The van der Waals surface area contributed by atoms with Crippen LogP contribution in [-0.2, 0) is 11.3 Å². The van der Waals surface area contributed by atoms with Crippen LogP contribution >= 0.6 is 0 Å². The molecule has 1 aromatic rings. The Bertz CT molecular complexity index is 374. The van der Waals surface area contributed by atoms with Crippen LogP contribution in [0.25, 0.3) is 0 Å². The zero-order valence-electron chi connectivity index (χ0n) is 9.98. The number of likely N-dealkylation sites (tertiary alicyclic amines) is 1. The highest BCUT2D eigenvalue weighted by atomic mass is 16.5. The number of fused-ring (bicyclic) bond motifs is 2. The van der Waals surface area contributed by atoms with Crippen molar-refractivity contribution in [3.05, 3.63) is 23.7 Å². The van der Waals surface area contributed by atoms with Crippen molar-refractivity contribution in [1.82, 2.24) is 4.90 Å². The summed E-state index contributed by atoms with van der Waals surface area (Å²) in [5.74, 6) is 2.83. The summed E-state index contributed by atoms with van der Waals surface area (Å²) in [6, 6.07) is 4.74. The summed E-state index contributed by atoms with van der Waals surface area (Å²) in [7, 11) is 1.84. The van der Waals surface area contributed by atoms with Gasteiger partial charge in [0.1, 0.15) is 11.5 Å². The molecule has 3 atom stereocenters. The maximum atomic E-state index is 5.64. The molecule has 16 heavy (non-hydrogen) atoms. The predicted octanol–water partition coefficient (Wildman–Crippen LogP) is 2.20. The molecule has 88 valence electrons. The van der Waals surface area contributed by atoms with Gasteiger partial charge in [-0.3, -0.25) is 4.90 Å². The van der Waals surface area contributed by atoms with Crippen molar-refractivity contribution in [3.63, 3.8) is 0 Å². The minimum atomic E-state index is 0.455. The van der Waals surface area contributed by atoms with Crippen molar-refractivity contribution in [2.24, 2.45) is 5.92 Å². The SMILES string of the molecule is COC1C2CCC1N(Cc1ccc(C)o1)C2. The monoisotopic (exact) mass is 221 g/mol. The Balaban J connectivity index is 1.69. The quantitative estimate of drug-likeness (QED) is 0.782. The van der Waals surface area contributed by atoms with Gasteiger partial charge in [-0.1, -0.05) is 0 Å². The first kappa shape index (κ1) is 10.4. The third-order valence-electron chi connectivity index (χ3n) is 4.04. The molecule has 1 saturated heterocycles. The van der Waals surface area contributed by atoms with Crippen molar-refractivity contribution in [2.45, 2.75) is 38.5 Å². The molecule has 0 N–H and O–H groups in total. The van der Waals surface area contributed by atoms with E-state index in [-0.39, 0.29) is 0 Å². The second kappa shape index (κ2) is 3.90. The maximum absolute atomic E-state index is 5.64. The molecule has 1 aliphatic carbocycles. The van der Waals surface area contributed by atoms with Gasteiger partial charge in [-0.25, -0.2) is 0 Å². The third-order valence-corrected chi connectivity index (χ3v) is 4.04. The van der Waals surface area contributed by atoms with E-state index in [0.717, 1.165) is 24.0 Å². The normalized spacial score (nSPS) is 33.8. The van der Waals surface area contributed by atoms with Gasteiger partial charge in [-0.15, -0.1) is 0 Å². The molecule has 2 heterocycles. The molecule has 0 aromatic carbocycles. The van der Waals surface area contributed by atoms with E-state index in [1.54, 1.807) is 0 Å². The summed E-state index contributed by atoms with van der Waals surface area (Å²) < 4.78 is 11.2. The molecule has 3 nitrogen and oxygen atoms in total. The van der Waals surface area contributed by atoms with Crippen molar-refractivity contribution in [3.8, 4) is 0 Å². The number of hydrogen-bond acceptors (Lipinski definition) is 3. The van der Waals surface area contributed by atoms with Crippen LogP contribution < -0.4 is 0 Å². The Hall–Kier alpha value is -0.800. The van der Waals surface area contributed by atoms with E-state index >= 15 is 0 Å². The van der Waals surface area contributed by atoms with Crippen molar-refractivity contribution >= 4 is 0 Å². The number of ether oxygens (including phenoxy) is 1. The molecule has 3 heteroatoms. The lowest BCUT2D eigenvalue weighted by Gasteiger charge is -2.25. The average Bonchev–Trinajstić information content (AvgIpc) is 2.92. The van der Waals surface area contributed by atoms with Crippen LogP contribution in [0, 0.1) is 12.8 Å². The summed E-state index contributed by atoms with van der Waals surface area (Å²) in [5, 5.41) is 0. The Morgan fingerprint density at radius 1 is 1.44 bits per heavy atom. The minimum absolute atomic E-state index is 0.455. The van der Waals surface area contributed by atoms with Crippen LogP contribution in [0.2, 0.25) is 0 Å². The highest BCUT2D eigenvalue weighted by Crippen LogP contribution is 2.40. The molecule has 3 rings (SSSR count). The standard InChI is InChI=1S/C13H19NO2/c1-9-3-5-11(16-9)8-14-7-10-4-6-12(14)13(10)15-2/h3,5,10,12-13H,4,6-8H2,1-2H3. The molecule has 0 amide bonds.